The van der Waals surface area contributed by atoms with Gasteiger partial charge in [0.05, 0.1) is 18.6 Å². The normalized spacial score (nSPS) is 18.0. The van der Waals surface area contributed by atoms with E-state index in [2.05, 4.69) is 4.90 Å². The van der Waals surface area contributed by atoms with Gasteiger partial charge in [0.25, 0.3) is 0 Å². The number of likely N-dealkylation sites (N-methyl/N-ethyl adjacent to an activating group) is 1. The topological polar surface area (TPSA) is 60.9 Å². The van der Waals surface area contributed by atoms with Crippen LogP contribution in [-0.4, -0.2) is 59.4 Å². The molecule has 0 aromatic heterocycles. The van der Waals surface area contributed by atoms with Gasteiger partial charge < -0.3 is 10.0 Å². The van der Waals surface area contributed by atoms with Crippen molar-refractivity contribution in [2.24, 2.45) is 0 Å². The molecule has 1 saturated heterocycles. The number of amides is 1. The first-order valence-corrected chi connectivity index (χ1v) is 9.75. The van der Waals surface area contributed by atoms with Crippen molar-refractivity contribution in [3.8, 4) is 0 Å². The molecule has 1 aliphatic heterocycles. The van der Waals surface area contributed by atoms with Crippen LogP contribution in [0.3, 0.4) is 0 Å². The van der Waals surface area contributed by atoms with Crippen molar-refractivity contribution in [1.29, 1.82) is 0 Å². The first-order valence-electron chi connectivity index (χ1n) is 9.75. The van der Waals surface area contributed by atoms with Crippen LogP contribution in [0.2, 0.25) is 0 Å². The number of likely N-dealkylation sites (tertiary alicyclic amines) is 1. The zero-order chi connectivity index (χ0) is 20.1. The minimum atomic E-state index is -0.280. The van der Waals surface area contributed by atoms with Crippen molar-refractivity contribution in [2.45, 2.75) is 31.9 Å². The molecular formula is C23H28N2O3. The van der Waals surface area contributed by atoms with Crippen LogP contribution in [0.4, 0.5) is 0 Å². The van der Waals surface area contributed by atoms with Gasteiger partial charge in [-0.3, -0.25) is 14.5 Å². The summed E-state index contributed by atoms with van der Waals surface area (Å²) in [7, 11) is 1.84. The standard InChI is InChI=1S/C23H28N2O3/c1-17(26)19-10-8-18(9-11-19)14-23(28)24(2)22(20-6-4-3-5-7-20)16-25-13-12-21(27)15-25/h3-11,21-22,27H,12-16H2,1-2H3. The lowest BCUT2D eigenvalue weighted by molar-refractivity contribution is -0.131. The number of hydrogen-bond donors (Lipinski definition) is 1. The van der Waals surface area contributed by atoms with Gasteiger partial charge in [0.2, 0.25) is 5.91 Å². The zero-order valence-electron chi connectivity index (χ0n) is 16.5. The van der Waals surface area contributed by atoms with Gasteiger partial charge in [-0.25, -0.2) is 0 Å². The van der Waals surface area contributed by atoms with Crippen LogP contribution in [0.25, 0.3) is 0 Å². The predicted molar refractivity (Wildman–Crippen MR) is 109 cm³/mol. The fraction of sp³-hybridized carbons (Fsp3) is 0.391. The monoisotopic (exact) mass is 380 g/mol. The van der Waals surface area contributed by atoms with Crippen LogP contribution >= 0.6 is 0 Å². The summed E-state index contributed by atoms with van der Waals surface area (Å²) in [5.41, 5.74) is 2.64. The molecule has 2 aromatic carbocycles. The molecule has 2 aromatic rings. The molecule has 0 bridgehead atoms. The Balaban J connectivity index is 1.73. The Morgan fingerprint density at radius 1 is 1.14 bits per heavy atom. The number of nitrogens with zero attached hydrogens (tertiary/aromatic N) is 2. The van der Waals surface area contributed by atoms with E-state index in [0.29, 0.717) is 25.1 Å². The molecule has 28 heavy (non-hydrogen) atoms. The van der Waals surface area contributed by atoms with Crippen molar-refractivity contribution in [3.05, 3.63) is 71.3 Å². The molecule has 3 rings (SSSR count). The SMILES string of the molecule is CC(=O)c1ccc(CC(=O)N(C)C(CN2CCC(O)C2)c2ccccc2)cc1. The summed E-state index contributed by atoms with van der Waals surface area (Å²) in [5.74, 6) is 0.0520. The second-order valence-electron chi connectivity index (χ2n) is 7.56. The minimum Gasteiger partial charge on any atom is -0.392 e. The molecule has 2 atom stereocenters. The van der Waals surface area contributed by atoms with Gasteiger partial charge in [0, 0.05) is 32.2 Å². The summed E-state index contributed by atoms with van der Waals surface area (Å²) in [6.45, 7) is 3.73. The summed E-state index contributed by atoms with van der Waals surface area (Å²) in [6.07, 6.45) is 0.791. The van der Waals surface area contributed by atoms with Gasteiger partial charge in [0.1, 0.15) is 0 Å². The van der Waals surface area contributed by atoms with Crippen LogP contribution in [0.15, 0.2) is 54.6 Å². The highest BCUT2D eigenvalue weighted by Gasteiger charge is 2.28. The second kappa shape index (κ2) is 9.13. The first-order chi connectivity index (χ1) is 13.4. The maximum Gasteiger partial charge on any atom is 0.227 e. The number of β-amino-alcohol motifs (C(OH)–C–C–N with tert-alkyl or cyclic N) is 1. The van der Waals surface area contributed by atoms with E-state index < -0.39 is 0 Å². The molecular weight excluding hydrogens is 352 g/mol. The highest BCUT2D eigenvalue weighted by Crippen LogP contribution is 2.24. The molecule has 0 spiro atoms. The Labute approximate surface area is 166 Å². The molecule has 0 radical (unpaired) electrons. The molecule has 1 N–H and O–H groups in total. The Kier molecular flexibility index (Phi) is 6.60. The molecule has 1 amide bonds. The smallest absolute Gasteiger partial charge is 0.227 e. The predicted octanol–water partition coefficient (Wildman–Crippen LogP) is 2.70. The van der Waals surface area contributed by atoms with Gasteiger partial charge >= 0.3 is 0 Å². The lowest BCUT2D eigenvalue weighted by Gasteiger charge is -2.32. The van der Waals surface area contributed by atoms with Crippen molar-refractivity contribution < 1.29 is 14.7 Å². The van der Waals surface area contributed by atoms with E-state index in [-0.39, 0.29) is 23.8 Å². The minimum absolute atomic E-state index is 0.0203. The highest BCUT2D eigenvalue weighted by atomic mass is 16.3. The van der Waals surface area contributed by atoms with Crippen LogP contribution in [0.5, 0.6) is 0 Å². The summed E-state index contributed by atoms with van der Waals surface area (Å²) in [4.78, 5) is 28.4. The van der Waals surface area contributed by atoms with E-state index in [1.807, 2.05) is 49.5 Å². The largest absolute Gasteiger partial charge is 0.392 e. The number of rotatable bonds is 7. The van der Waals surface area contributed by atoms with Crippen LogP contribution in [0.1, 0.15) is 40.9 Å². The fourth-order valence-corrected chi connectivity index (χ4v) is 3.68. The number of carbonyl (C=O) groups excluding carboxylic acids is 2. The van der Waals surface area contributed by atoms with Crippen molar-refractivity contribution >= 4 is 11.7 Å². The third-order valence-corrected chi connectivity index (χ3v) is 5.44. The summed E-state index contributed by atoms with van der Waals surface area (Å²) in [5, 5.41) is 9.84. The Bertz CT molecular complexity index is 804. The van der Waals surface area contributed by atoms with Gasteiger partial charge in [-0.1, -0.05) is 54.6 Å². The number of aliphatic hydroxyl groups is 1. The number of benzene rings is 2. The summed E-state index contributed by atoms with van der Waals surface area (Å²) >= 11 is 0. The molecule has 1 heterocycles. The zero-order valence-corrected chi connectivity index (χ0v) is 16.5. The first kappa shape index (κ1) is 20.2. The number of aliphatic hydroxyl groups excluding tert-OH is 1. The molecule has 5 nitrogen and oxygen atoms in total. The lowest BCUT2D eigenvalue weighted by Crippen LogP contribution is -2.39. The van der Waals surface area contributed by atoms with Crippen molar-refractivity contribution in [2.75, 3.05) is 26.7 Å². The second-order valence-corrected chi connectivity index (χ2v) is 7.56. The molecule has 5 heteroatoms. The van der Waals surface area contributed by atoms with Gasteiger partial charge in [-0.05, 0) is 24.5 Å². The van der Waals surface area contributed by atoms with E-state index in [4.69, 9.17) is 0 Å². The molecule has 0 aliphatic carbocycles. The molecule has 2 unspecified atom stereocenters. The Morgan fingerprint density at radius 3 is 2.39 bits per heavy atom. The third-order valence-electron chi connectivity index (χ3n) is 5.44. The highest BCUT2D eigenvalue weighted by molar-refractivity contribution is 5.94. The molecule has 1 fully saturated rings. The maximum absolute atomic E-state index is 13.0. The van der Waals surface area contributed by atoms with Gasteiger partial charge in [0.15, 0.2) is 5.78 Å². The van der Waals surface area contributed by atoms with E-state index in [1.54, 1.807) is 17.0 Å². The average Bonchev–Trinajstić information content (AvgIpc) is 3.11. The van der Waals surface area contributed by atoms with Gasteiger partial charge in [-0.15, -0.1) is 0 Å². The molecule has 148 valence electrons. The van der Waals surface area contributed by atoms with Crippen molar-refractivity contribution in [3.63, 3.8) is 0 Å². The van der Waals surface area contributed by atoms with Crippen LogP contribution in [-0.2, 0) is 11.2 Å². The van der Waals surface area contributed by atoms with Crippen LogP contribution < -0.4 is 0 Å². The quantitative estimate of drug-likeness (QED) is 0.751. The Morgan fingerprint density at radius 2 is 1.82 bits per heavy atom. The van der Waals surface area contributed by atoms with Gasteiger partial charge in [-0.2, -0.15) is 0 Å². The average molecular weight is 380 g/mol. The third kappa shape index (κ3) is 5.06. The fourth-order valence-electron chi connectivity index (χ4n) is 3.68. The van der Waals surface area contributed by atoms with E-state index in [1.165, 1.54) is 6.92 Å². The lowest BCUT2D eigenvalue weighted by atomic mass is 10.0. The van der Waals surface area contributed by atoms with Crippen molar-refractivity contribution in [1.82, 2.24) is 9.80 Å². The Hall–Kier alpha value is -2.50. The molecule has 1 aliphatic rings. The number of carbonyl (C=O) groups is 2. The van der Waals surface area contributed by atoms with E-state index in [9.17, 15) is 14.7 Å². The number of Topliss-reactive ketones (excluding diaryl/α,β-unsaturated/α-hetero) is 1. The maximum atomic E-state index is 13.0. The summed E-state index contributed by atoms with van der Waals surface area (Å²) in [6, 6.07) is 17.2. The number of ketones is 1. The molecule has 0 saturated carbocycles. The summed E-state index contributed by atoms with van der Waals surface area (Å²) < 4.78 is 0. The van der Waals surface area contributed by atoms with Crippen LogP contribution in [0, 0.1) is 0 Å². The van der Waals surface area contributed by atoms with E-state index >= 15 is 0 Å². The van der Waals surface area contributed by atoms with E-state index in [0.717, 1.165) is 24.1 Å². The number of hydrogen-bond acceptors (Lipinski definition) is 4.